The van der Waals surface area contributed by atoms with E-state index in [9.17, 15) is 19.5 Å². The molecule has 0 aliphatic carbocycles. The molecular formula is C14H18N2O5S. The number of phenolic OH excluding ortho intramolecular Hbond substituents is 1. The van der Waals surface area contributed by atoms with Gasteiger partial charge in [0.1, 0.15) is 11.8 Å². The van der Waals surface area contributed by atoms with Crippen LogP contribution in [-0.4, -0.2) is 41.8 Å². The second-order valence-corrected chi connectivity index (χ2v) is 5.51. The van der Waals surface area contributed by atoms with Crippen molar-refractivity contribution in [2.24, 2.45) is 0 Å². The van der Waals surface area contributed by atoms with E-state index in [1.165, 1.54) is 38.8 Å². The summed E-state index contributed by atoms with van der Waals surface area (Å²) in [5.74, 6) is -0.950. The summed E-state index contributed by atoms with van der Waals surface area (Å²) in [6.45, 7) is 2.68. The Morgan fingerprint density at radius 1 is 1.27 bits per heavy atom. The lowest BCUT2D eigenvalue weighted by molar-refractivity contribution is -0.144. The zero-order valence-electron chi connectivity index (χ0n) is 12.5. The van der Waals surface area contributed by atoms with E-state index >= 15 is 0 Å². The Kier molecular flexibility index (Phi) is 6.71. The van der Waals surface area contributed by atoms with E-state index in [1.54, 1.807) is 12.1 Å². The van der Waals surface area contributed by atoms with Gasteiger partial charge in [0.25, 0.3) is 0 Å². The summed E-state index contributed by atoms with van der Waals surface area (Å²) in [7, 11) is 1.23. The molecule has 1 aromatic rings. The Hall–Kier alpha value is -2.22. The number of carbonyl (C=O) groups is 3. The number of nitrogens with one attached hydrogen (secondary N) is 2. The molecule has 0 saturated heterocycles. The highest BCUT2D eigenvalue weighted by atomic mass is 32.2. The summed E-state index contributed by atoms with van der Waals surface area (Å²) in [5, 5.41) is 14.9. The first-order chi connectivity index (χ1) is 10.3. The number of anilines is 1. The van der Waals surface area contributed by atoms with Crippen LogP contribution >= 0.6 is 11.8 Å². The first-order valence-corrected chi connectivity index (χ1v) is 7.40. The molecule has 0 aliphatic heterocycles. The average Bonchev–Trinajstić information content (AvgIpc) is 2.44. The van der Waals surface area contributed by atoms with E-state index in [0.717, 1.165) is 0 Å². The van der Waals surface area contributed by atoms with Crippen LogP contribution in [-0.2, 0) is 19.1 Å². The number of aromatic hydroxyl groups is 1. The van der Waals surface area contributed by atoms with Gasteiger partial charge in [0.2, 0.25) is 11.8 Å². The van der Waals surface area contributed by atoms with Crippen molar-refractivity contribution in [3.8, 4) is 5.75 Å². The summed E-state index contributed by atoms with van der Waals surface area (Å²) >= 11 is 1.17. The van der Waals surface area contributed by atoms with Gasteiger partial charge in [-0.1, -0.05) is 0 Å². The second kappa shape index (κ2) is 8.28. The van der Waals surface area contributed by atoms with Crippen LogP contribution in [0.2, 0.25) is 0 Å². The summed E-state index contributed by atoms with van der Waals surface area (Å²) in [4.78, 5) is 34.2. The molecule has 0 bridgehead atoms. The van der Waals surface area contributed by atoms with Crippen molar-refractivity contribution in [1.82, 2.24) is 5.32 Å². The number of amides is 2. The van der Waals surface area contributed by atoms with Crippen LogP contribution in [0.4, 0.5) is 5.69 Å². The molecule has 0 spiro atoms. The fourth-order valence-corrected chi connectivity index (χ4v) is 2.63. The summed E-state index contributed by atoms with van der Waals surface area (Å²) < 4.78 is 4.62. The maximum atomic E-state index is 11.6. The number of ether oxygens (including phenoxy) is 1. The van der Waals surface area contributed by atoms with Crippen molar-refractivity contribution >= 4 is 35.2 Å². The zero-order chi connectivity index (χ0) is 16.7. The van der Waals surface area contributed by atoms with Crippen LogP contribution in [0.25, 0.3) is 0 Å². The highest BCUT2D eigenvalue weighted by Gasteiger charge is 2.21. The fourth-order valence-electron chi connectivity index (χ4n) is 1.64. The molecule has 120 valence electrons. The van der Waals surface area contributed by atoms with Gasteiger partial charge < -0.3 is 20.5 Å². The van der Waals surface area contributed by atoms with Gasteiger partial charge in [0.15, 0.2) is 0 Å². The van der Waals surface area contributed by atoms with Crippen molar-refractivity contribution in [2.45, 2.75) is 24.8 Å². The summed E-state index contributed by atoms with van der Waals surface area (Å²) in [5.41, 5.74) is 0.530. The minimum absolute atomic E-state index is 0.0190. The second-order valence-electron chi connectivity index (χ2n) is 4.45. The first kappa shape index (κ1) is 17.8. The molecule has 0 aliphatic rings. The van der Waals surface area contributed by atoms with Crippen molar-refractivity contribution in [2.75, 3.05) is 18.2 Å². The molecular weight excluding hydrogens is 308 g/mol. The zero-order valence-corrected chi connectivity index (χ0v) is 13.3. The lowest BCUT2D eigenvalue weighted by Gasteiger charge is -2.15. The highest BCUT2D eigenvalue weighted by molar-refractivity contribution is 7.99. The van der Waals surface area contributed by atoms with Gasteiger partial charge in [-0.05, 0) is 18.2 Å². The molecule has 7 nitrogen and oxygen atoms in total. The third-order valence-corrected chi connectivity index (χ3v) is 3.69. The van der Waals surface area contributed by atoms with Crippen molar-refractivity contribution in [1.29, 1.82) is 0 Å². The number of hydrogen-bond donors (Lipinski definition) is 3. The molecule has 0 heterocycles. The summed E-state index contributed by atoms with van der Waals surface area (Å²) in [6.07, 6.45) is 0. The number of carbonyl (C=O) groups excluding carboxylic acids is 3. The number of phenols is 1. The van der Waals surface area contributed by atoms with Crippen LogP contribution in [0.15, 0.2) is 23.1 Å². The molecule has 0 unspecified atom stereocenters. The largest absolute Gasteiger partial charge is 0.507 e. The lowest BCUT2D eigenvalue weighted by Crippen LogP contribution is -2.42. The normalized spacial score (nSPS) is 11.4. The number of hydrogen-bond acceptors (Lipinski definition) is 6. The highest BCUT2D eigenvalue weighted by Crippen LogP contribution is 2.31. The van der Waals surface area contributed by atoms with E-state index in [1.807, 2.05) is 0 Å². The molecule has 2 amide bonds. The van der Waals surface area contributed by atoms with Crippen LogP contribution in [0, 0.1) is 0 Å². The SMILES string of the molecule is COC(=O)[C@@H](CSc1cc(NC(C)=O)ccc1O)NC(C)=O. The minimum atomic E-state index is -0.823. The van der Waals surface area contributed by atoms with Gasteiger partial charge >= 0.3 is 5.97 Å². The number of thioether (sulfide) groups is 1. The van der Waals surface area contributed by atoms with Crippen LogP contribution in [0.5, 0.6) is 5.75 Å². The monoisotopic (exact) mass is 326 g/mol. The Bertz CT molecular complexity index is 576. The minimum Gasteiger partial charge on any atom is -0.507 e. The molecule has 0 aromatic heterocycles. The van der Waals surface area contributed by atoms with Crippen molar-refractivity contribution < 1.29 is 24.2 Å². The van der Waals surface area contributed by atoms with E-state index in [2.05, 4.69) is 15.4 Å². The molecule has 1 aromatic carbocycles. The number of benzene rings is 1. The fraction of sp³-hybridized carbons (Fsp3) is 0.357. The predicted molar refractivity (Wildman–Crippen MR) is 82.8 cm³/mol. The molecule has 1 atom stereocenters. The van der Waals surface area contributed by atoms with Crippen LogP contribution < -0.4 is 10.6 Å². The third-order valence-electron chi connectivity index (χ3n) is 2.55. The molecule has 22 heavy (non-hydrogen) atoms. The van der Waals surface area contributed by atoms with Gasteiger partial charge in [-0.2, -0.15) is 0 Å². The standard InChI is InChI=1S/C14H18N2O5S/c1-8(17)15-10-4-5-12(19)13(6-10)22-7-11(14(20)21-3)16-9(2)18/h4-6,11,19H,7H2,1-3H3,(H,15,17)(H,16,18)/t11-/m1/s1. The van der Waals surface area contributed by atoms with Crippen LogP contribution in [0.3, 0.4) is 0 Å². The molecule has 0 fully saturated rings. The Morgan fingerprint density at radius 3 is 2.50 bits per heavy atom. The topological polar surface area (TPSA) is 105 Å². The van der Waals surface area contributed by atoms with E-state index in [0.29, 0.717) is 10.6 Å². The number of rotatable bonds is 6. The molecule has 1 rings (SSSR count). The molecule has 8 heteroatoms. The Labute approximate surface area is 132 Å². The Morgan fingerprint density at radius 2 is 1.95 bits per heavy atom. The molecule has 0 saturated carbocycles. The third kappa shape index (κ3) is 5.65. The maximum absolute atomic E-state index is 11.6. The summed E-state index contributed by atoms with van der Waals surface area (Å²) in [6, 6.07) is 3.77. The van der Waals surface area contributed by atoms with Gasteiger partial charge in [-0.15, -0.1) is 11.8 Å². The van der Waals surface area contributed by atoms with E-state index < -0.39 is 12.0 Å². The quantitative estimate of drug-likeness (QED) is 0.411. The maximum Gasteiger partial charge on any atom is 0.329 e. The van der Waals surface area contributed by atoms with Gasteiger partial charge in [0.05, 0.1) is 12.0 Å². The van der Waals surface area contributed by atoms with Crippen LogP contribution in [0.1, 0.15) is 13.8 Å². The van der Waals surface area contributed by atoms with Gasteiger partial charge in [-0.3, -0.25) is 9.59 Å². The van der Waals surface area contributed by atoms with Crippen molar-refractivity contribution in [3.05, 3.63) is 18.2 Å². The average molecular weight is 326 g/mol. The van der Waals surface area contributed by atoms with Gasteiger partial charge in [0, 0.05) is 25.3 Å². The van der Waals surface area contributed by atoms with E-state index in [4.69, 9.17) is 0 Å². The number of esters is 1. The number of methoxy groups -OCH3 is 1. The van der Waals surface area contributed by atoms with Crippen molar-refractivity contribution in [3.63, 3.8) is 0 Å². The molecule has 0 radical (unpaired) electrons. The van der Waals surface area contributed by atoms with Gasteiger partial charge in [-0.25, -0.2) is 4.79 Å². The Balaban J connectivity index is 2.81. The lowest BCUT2D eigenvalue weighted by atomic mass is 10.3. The molecule has 3 N–H and O–H groups in total. The smallest absolute Gasteiger partial charge is 0.329 e. The predicted octanol–water partition coefficient (Wildman–Crippen LogP) is 1.12. The van der Waals surface area contributed by atoms with E-state index in [-0.39, 0.29) is 23.3 Å². The first-order valence-electron chi connectivity index (χ1n) is 6.41.